The first-order chi connectivity index (χ1) is 8.82. The average Bonchev–Trinajstić information content (AvgIpc) is 2.83. The molecule has 2 amide bonds. The molecule has 2 N–H and O–H groups in total. The van der Waals surface area contributed by atoms with Crippen molar-refractivity contribution < 1.29 is 13.2 Å². The number of hydrogen-bond donors (Lipinski definition) is 2. The van der Waals surface area contributed by atoms with Crippen molar-refractivity contribution in [2.45, 2.75) is 32.2 Å². The minimum absolute atomic E-state index is 0.0241. The van der Waals surface area contributed by atoms with Crippen molar-refractivity contribution in [3.8, 4) is 0 Å². The lowest BCUT2D eigenvalue weighted by atomic mass is 10.0. The first kappa shape index (κ1) is 14.2. The molecule has 1 aromatic rings. The van der Waals surface area contributed by atoms with E-state index in [0.717, 1.165) is 11.4 Å². The Bertz CT molecular complexity index is 583. The van der Waals surface area contributed by atoms with Crippen LogP contribution in [0.3, 0.4) is 0 Å². The number of hydrogen-bond acceptors (Lipinski definition) is 6. The number of carbonyl (C=O) groups excluding carboxylic acids is 1. The van der Waals surface area contributed by atoms with Gasteiger partial charge in [-0.05, 0) is 19.8 Å². The zero-order valence-electron chi connectivity index (χ0n) is 10.8. The molecule has 2 heterocycles. The molecule has 0 aliphatic carbocycles. The van der Waals surface area contributed by atoms with Crippen molar-refractivity contribution in [2.75, 3.05) is 16.8 Å². The summed E-state index contributed by atoms with van der Waals surface area (Å²) < 4.78 is 22.9. The lowest BCUT2D eigenvalue weighted by Gasteiger charge is -2.23. The van der Waals surface area contributed by atoms with E-state index in [0.29, 0.717) is 11.6 Å². The number of amides is 2. The van der Waals surface area contributed by atoms with Crippen LogP contribution < -0.4 is 10.6 Å². The molecule has 9 heteroatoms. The van der Waals surface area contributed by atoms with Crippen molar-refractivity contribution in [3.05, 3.63) is 5.01 Å². The Kier molecular flexibility index (Phi) is 3.77. The maximum Gasteiger partial charge on any atom is 0.321 e. The third-order valence-electron chi connectivity index (χ3n) is 2.91. The molecule has 1 aliphatic rings. The second kappa shape index (κ2) is 5.04. The highest BCUT2D eigenvalue weighted by Gasteiger charge is 2.39. The van der Waals surface area contributed by atoms with E-state index in [1.165, 1.54) is 11.3 Å². The van der Waals surface area contributed by atoms with E-state index >= 15 is 0 Å². The van der Waals surface area contributed by atoms with Gasteiger partial charge < -0.3 is 5.32 Å². The normalized spacial score (nSPS) is 25.2. The molecule has 1 aromatic heterocycles. The second-order valence-corrected chi connectivity index (χ2v) is 8.08. The van der Waals surface area contributed by atoms with E-state index in [-0.39, 0.29) is 11.5 Å². The van der Waals surface area contributed by atoms with Gasteiger partial charge >= 0.3 is 6.03 Å². The zero-order valence-corrected chi connectivity index (χ0v) is 12.4. The minimum atomic E-state index is -3.04. The Morgan fingerprint density at radius 1 is 1.47 bits per heavy atom. The van der Waals surface area contributed by atoms with Gasteiger partial charge in [-0.25, -0.2) is 13.2 Å². The third kappa shape index (κ3) is 3.63. The van der Waals surface area contributed by atoms with Gasteiger partial charge in [-0.15, -0.1) is 10.2 Å². The highest BCUT2D eigenvalue weighted by atomic mass is 32.2. The van der Waals surface area contributed by atoms with Crippen LogP contribution in [0.5, 0.6) is 0 Å². The molecule has 19 heavy (non-hydrogen) atoms. The molecule has 1 fully saturated rings. The molecule has 7 nitrogen and oxygen atoms in total. The molecule has 0 bridgehead atoms. The van der Waals surface area contributed by atoms with Crippen LogP contribution in [0, 0.1) is 0 Å². The molecule has 0 saturated carbocycles. The SMILES string of the molecule is CCc1nnc(NC(=O)N[C@]2(C)CCS(=O)(=O)C2)s1. The Hall–Kier alpha value is -1.22. The van der Waals surface area contributed by atoms with Crippen LogP contribution in [0.1, 0.15) is 25.3 Å². The van der Waals surface area contributed by atoms with E-state index in [1.54, 1.807) is 6.92 Å². The maximum absolute atomic E-state index is 11.8. The van der Waals surface area contributed by atoms with Crippen LogP contribution in [0.15, 0.2) is 0 Å². The van der Waals surface area contributed by atoms with E-state index < -0.39 is 21.4 Å². The van der Waals surface area contributed by atoms with E-state index in [1.807, 2.05) is 6.92 Å². The largest absolute Gasteiger partial charge is 0.332 e. The van der Waals surface area contributed by atoms with Crippen molar-refractivity contribution in [2.24, 2.45) is 0 Å². The van der Waals surface area contributed by atoms with Gasteiger partial charge in [0.25, 0.3) is 0 Å². The summed E-state index contributed by atoms with van der Waals surface area (Å²) in [6.07, 6.45) is 1.19. The minimum Gasteiger partial charge on any atom is -0.332 e. The van der Waals surface area contributed by atoms with Crippen LogP contribution >= 0.6 is 11.3 Å². The highest BCUT2D eigenvalue weighted by molar-refractivity contribution is 7.91. The molecule has 0 unspecified atom stereocenters. The second-order valence-electron chi connectivity index (χ2n) is 4.84. The number of nitrogens with one attached hydrogen (secondary N) is 2. The van der Waals surface area contributed by atoms with Gasteiger partial charge in [-0.2, -0.15) is 0 Å². The van der Waals surface area contributed by atoms with Crippen LogP contribution in [0.25, 0.3) is 0 Å². The van der Waals surface area contributed by atoms with Crippen molar-refractivity contribution in [1.29, 1.82) is 0 Å². The number of nitrogens with zero attached hydrogens (tertiary/aromatic N) is 2. The predicted molar refractivity (Wildman–Crippen MR) is 73.1 cm³/mol. The van der Waals surface area contributed by atoms with Crippen molar-refractivity contribution in [1.82, 2.24) is 15.5 Å². The molecular weight excluding hydrogens is 288 g/mol. The fourth-order valence-electron chi connectivity index (χ4n) is 1.96. The maximum atomic E-state index is 11.8. The monoisotopic (exact) mass is 304 g/mol. The summed E-state index contributed by atoms with van der Waals surface area (Å²) in [5.41, 5.74) is -0.707. The molecule has 1 saturated heterocycles. The zero-order chi connectivity index (χ0) is 14.1. The topological polar surface area (TPSA) is 101 Å². The molecule has 0 radical (unpaired) electrons. The Morgan fingerprint density at radius 3 is 2.74 bits per heavy atom. The molecule has 2 rings (SSSR count). The van der Waals surface area contributed by atoms with E-state index in [2.05, 4.69) is 20.8 Å². The van der Waals surface area contributed by atoms with Crippen LogP contribution in [-0.2, 0) is 16.3 Å². The van der Waals surface area contributed by atoms with Gasteiger partial charge in [0, 0.05) is 0 Å². The summed E-state index contributed by atoms with van der Waals surface area (Å²) in [5.74, 6) is 0.0896. The van der Waals surface area contributed by atoms with Crippen LogP contribution in [0.4, 0.5) is 9.93 Å². The van der Waals surface area contributed by atoms with Crippen molar-refractivity contribution >= 4 is 32.3 Å². The number of anilines is 1. The standard InChI is InChI=1S/C10H16N4O3S2/c1-3-7-13-14-9(18-7)11-8(15)12-10(2)4-5-19(16,17)6-10/h3-6H2,1-2H3,(H2,11,12,14,15)/t10-/m1/s1. The molecular formula is C10H16N4O3S2. The van der Waals surface area contributed by atoms with Gasteiger partial charge in [0.2, 0.25) is 5.13 Å². The lowest BCUT2D eigenvalue weighted by molar-refractivity contribution is 0.242. The van der Waals surface area contributed by atoms with Gasteiger partial charge in [0.05, 0.1) is 17.0 Å². The highest BCUT2D eigenvalue weighted by Crippen LogP contribution is 2.23. The predicted octanol–water partition coefficient (Wildman–Crippen LogP) is 0.799. The number of aromatic nitrogens is 2. The first-order valence-electron chi connectivity index (χ1n) is 5.94. The number of carbonyl (C=O) groups is 1. The fourth-order valence-corrected chi connectivity index (χ4v) is 4.73. The van der Waals surface area contributed by atoms with Gasteiger partial charge in [-0.3, -0.25) is 5.32 Å². The summed E-state index contributed by atoms with van der Waals surface area (Å²) >= 11 is 1.31. The summed E-state index contributed by atoms with van der Waals surface area (Å²) in [6, 6.07) is -0.446. The quantitative estimate of drug-likeness (QED) is 0.860. The van der Waals surface area contributed by atoms with Crippen molar-refractivity contribution in [3.63, 3.8) is 0 Å². The molecule has 1 atom stereocenters. The summed E-state index contributed by atoms with van der Waals surface area (Å²) in [5, 5.41) is 14.2. The Labute approximate surface area is 115 Å². The number of aryl methyl sites for hydroxylation is 1. The number of urea groups is 1. The number of sulfone groups is 1. The summed E-state index contributed by atoms with van der Waals surface area (Å²) in [7, 11) is -3.04. The van der Waals surface area contributed by atoms with Gasteiger partial charge in [0.1, 0.15) is 5.01 Å². The molecule has 0 spiro atoms. The molecule has 106 valence electrons. The Balaban J connectivity index is 1.95. The van der Waals surface area contributed by atoms with Crippen LogP contribution in [-0.4, -0.2) is 41.7 Å². The van der Waals surface area contributed by atoms with Gasteiger partial charge in [-0.1, -0.05) is 18.3 Å². The van der Waals surface area contributed by atoms with Gasteiger partial charge in [0.15, 0.2) is 9.84 Å². The van der Waals surface area contributed by atoms with Crippen LogP contribution in [0.2, 0.25) is 0 Å². The summed E-state index contributed by atoms with van der Waals surface area (Å²) in [4.78, 5) is 11.8. The summed E-state index contributed by atoms with van der Waals surface area (Å²) in [6.45, 7) is 3.68. The fraction of sp³-hybridized carbons (Fsp3) is 0.700. The smallest absolute Gasteiger partial charge is 0.321 e. The Morgan fingerprint density at radius 2 is 2.21 bits per heavy atom. The average molecular weight is 304 g/mol. The van der Waals surface area contributed by atoms with E-state index in [4.69, 9.17) is 0 Å². The lowest BCUT2D eigenvalue weighted by Crippen LogP contribution is -2.48. The molecule has 1 aliphatic heterocycles. The first-order valence-corrected chi connectivity index (χ1v) is 8.58. The molecule has 0 aromatic carbocycles. The number of rotatable bonds is 3. The van der Waals surface area contributed by atoms with E-state index in [9.17, 15) is 13.2 Å². The third-order valence-corrected chi connectivity index (χ3v) is 5.79.